The first-order valence-corrected chi connectivity index (χ1v) is 10.7. The third-order valence-corrected chi connectivity index (χ3v) is 5.57. The Morgan fingerprint density at radius 1 is 0.613 bits per heavy atom. The van der Waals surface area contributed by atoms with E-state index in [1.807, 2.05) is 72.8 Å². The Bertz CT molecular complexity index is 1250. The molecule has 3 heteroatoms. The number of benzene rings is 4. The number of alkyl halides is 1. The van der Waals surface area contributed by atoms with Gasteiger partial charge in [-0.05, 0) is 28.8 Å². The fraction of sp³-hybridized carbons (Fsp3) is 0.0357. The molecule has 1 heterocycles. The first-order valence-electron chi connectivity index (χ1n) is 10.2. The molecule has 5 aromatic rings. The third-order valence-electron chi connectivity index (χ3n) is 5.26. The smallest absolute Gasteiger partial charge is 0.227 e. The summed E-state index contributed by atoms with van der Waals surface area (Å²) >= 11 is 6.07. The zero-order valence-electron chi connectivity index (χ0n) is 16.8. The van der Waals surface area contributed by atoms with E-state index in [1.165, 1.54) is 0 Å². The molecule has 31 heavy (non-hydrogen) atoms. The number of rotatable bonds is 5. The molecule has 0 unspecified atom stereocenters. The molecule has 0 aliphatic carbocycles. The highest BCUT2D eigenvalue weighted by atomic mass is 35.5. The Kier molecular flexibility index (Phi) is 5.39. The number of aromatic nitrogens is 1. The van der Waals surface area contributed by atoms with E-state index in [2.05, 4.69) is 36.4 Å². The van der Waals surface area contributed by atoms with Gasteiger partial charge in [0.1, 0.15) is 5.69 Å². The second-order valence-electron chi connectivity index (χ2n) is 7.31. The summed E-state index contributed by atoms with van der Waals surface area (Å²) in [5.74, 6) is 1.85. The van der Waals surface area contributed by atoms with Crippen molar-refractivity contribution in [1.82, 2.24) is 4.98 Å². The van der Waals surface area contributed by atoms with Crippen LogP contribution in [0, 0.1) is 0 Å². The summed E-state index contributed by atoms with van der Waals surface area (Å²) in [6, 6.07) is 36.7. The van der Waals surface area contributed by atoms with Crippen LogP contribution in [0.4, 0.5) is 0 Å². The van der Waals surface area contributed by atoms with Gasteiger partial charge in [-0.1, -0.05) is 97.1 Å². The van der Waals surface area contributed by atoms with Gasteiger partial charge < -0.3 is 4.42 Å². The van der Waals surface area contributed by atoms with Gasteiger partial charge in [-0.2, -0.15) is 0 Å². The molecule has 0 spiro atoms. The van der Waals surface area contributed by atoms with Crippen LogP contribution in [0.1, 0.15) is 5.56 Å². The van der Waals surface area contributed by atoms with Crippen LogP contribution in [0.2, 0.25) is 0 Å². The average Bonchev–Trinajstić information content (AvgIpc) is 3.31. The number of oxazole rings is 1. The Morgan fingerprint density at radius 3 is 1.94 bits per heavy atom. The second kappa shape index (κ2) is 8.63. The Labute approximate surface area is 186 Å². The average molecular weight is 422 g/mol. The number of hydrogen-bond donors (Lipinski definition) is 0. The molecule has 0 saturated heterocycles. The molecule has 0 saturated carbocycles. The van der Waals surface area contributed by atoms with Crippen LogP contribution in [0.15, 0.2) is 114 Å². The molecule has 0 N–H and O–H groups in total. The minimum absolute atomic E-state index is 0.477. The summed E-state index contributed by atoms with van der Waals surface area (Å²) in [5.41, 5.74) is 7.06. The molecule has 0 aliphatic rings. The van der Waals surface area contributed by atoms with Gasteiger partial charge in [0, 0.05) is 22.6 Å². The van der Waals surface area contributed by atoms with Gasteiger partial charge in [-0.3, -0.25) is 0 Å². The molecule has 0 radical (unpaired) electrons. The van der Waals surface area contributed by atoms with Gasteiger partial charge in [-0.15, -0.1) is 11.6 Å². The molecule has 150 valence electrons. The van der Waals surface area contributed by atoms with Crippen LogP contribution in [0.3, 0.4) is 0 Å². The predicted octanol–water partition coefficient (Wildman–Crippen LogP) is 8.08. The number of nitrogens with zero attached hydrogens (tertiary/aromatic N) is 1. The number of halogens is 1. The maximum Gasteiger partial charge on any atom is 0.227 e. The van der Waals surface area contributed by atoms with E-state index in [0.29, 0.717) is 11.8 Å². The normalized spacial score (nSPS) is 10.9. The Balaban J connectivity index is 1.70. The van der Waals surface area contributed by atoms with Crippen molar-refractivity contribution in [2.24, 2.45) is 0 Å². The standard InChI is InChI=1S/C28H20ClNO/c29-19-20-10-9-15-23(18-20)24-16-7-8-17-25(24)28-30-26(21-11-3-1-4-12-21)27(31-28)22-13-5-2-6-14-22/h1-18H,19H2. The zero-order valence-corrected chi connectivity index (χ0v) is 17.6. The largest absolute Gasteiger partial charge is 0.435 e. The van der Waals surface area contributed by atoms with Gasteiger partial charge in [0.2, 0.25) is 5.89 Å². The molecule has 0 amide bonds. The fourth-order valence-corrected chi connectivity index (χ4v) is 3.92. The van der Waals surface area contributed by atoms with Crippen molar-refractivity contribution < 1.29 is 4.42 Å². The Hall–Kier alpha value is -3.62. The lowest BCUT2D eigenvalue weighted by atomic mass is 9.98. The van der Waals surface area contributed by atoms with Crippen molar-refractivity contribution in [2.75, 3.05) is 0 Å². The van der Waals surface area contributed by atoms with Crippen LogP contribution in [0.5, 0.6) is 0 Å². The molecular weight excluding hydrogens is 402 g/mol. The molecule has 2 nitrogen and oxygen atoms in total. The van der Waals surface area contributed by atoms with Crippen molar-refractivity contribution in [1.29, 1.82) is 0 Å². The Morgan fingerprint density at radius 2 is 1.23 bits per heavy atom. The molecular formula is C28H20ClNO. The summed E-state index contributed by atoms with van der Waals surface area (Å²) in [7, 11) is 0. The molecule has 0 bridgehead atoms. The zero-order chi connectivity index (χ0) is 21.0. The maximum absolute atomic E-state index is 6.42. The van der Waals surface area contributed by atoms with E-state index in [4.69, 9.17) is 21.0 Å². The van der Waals surface area contributed by atoms with Crippen LogP contribution in [-0.4, -0.2) is 4.98 Å². The molecule has 5 rings (SSSR count). The van der Waals surface area contributed by atoms with Crippen LogP contribution < -0.4 is 0 Å². The van der Waals surface area contributed by atoms with E-state index in [9.17, 15) is 0 Å². The van der Waals surface area contributed by atoms with Crippen molar-refractivity contribution in [3.05, 3.63) is 115 Å². The predicted molar refractivity (Wildman–Crippen MR) is 128 cm³/mol. The van der Waals surface area contributed by atoms with Crippen LogP contribution in [0.25, 0.3) is 45.2 Å². The fourth-order valence-electron chi connectivity index (χ4n) is 3.76. The van der Waals surface area contributed by atoms with E-state index in [0.717, 1.165) is 44.8 Å². The first-order chi connectivity index (χ1) is 15.3. The van der Waals surface area contributed by atoms with Gasteiger partial charge in [-0.25, -0.2) is 4.98 Å². The first kappa shape index (κ1) is 19.3. The van der Waals surface area contributed by atoms with Crippen molar-refractivity contribution in [3.8, 4) is 45.2 Å². The van der Waals surface area contributed by atoms with Crippen molar-refractivity contribution in [3.63, 3.8) is 0 Å². The molecule has 0 fully saturated rings. The molecule has 0 atom stereocenters. The highest BCUT2D eigenvalue weighted by Crippen LogP contribution is 2.39. The van der Waals surface area contributed by atoms with Crippen LogP contribution in [-0.2, 0) is 5.88 Å². The van der Waals surface area contributed by atoms with Gasteiger partial charge in [0.25, 0.3) is 0 Å². The lowest BCUT2D eigenvalue weighted by Crippen LogP contribution is -1.87. The van der Waals surface area contributed by atoms with Crippen LogP contribution >= 0.6 is 11.6 Å². The third kappa shape index (κ3) is 3.90. The maximum atomic E-state index is 6.42. The molecule has 4 aromatic carbocycles. The minimum atomic E-state index is 0.477. The highest BCUT2D eigenvalue weighted by molar-refractivity contribution is 6.17. The van der Waals surface area contributed by atoms with Gasteiger partial charge in [0.05, 0.1) is 0 Å². The van der Waals surface area contributed by atoms with E-state index >= 15 is 0 Å². The summed E-state index contributed by atoms with van der Waals surface area (Å²) in [4.78, 5) is 4.96. The summed E-state index contributed by atoms with van der Waals surface area (Å²) in [6.45, 7) is 0. The van der Waals surface area contributed by atoms with Crippen molar-refractivity contribution in [2.45, 2.75) is 5.88 Å². The van der Waals surface area contributed by atoms with E-state index < -0.39 is 0 Å². The highest BCUT2D eigenvalue weighted by Gasteiger charge is 2.20. The quantitative estimate of drug-likeness (QED) is 0.268. The lowest BCUT2D eigenvalue weighted by molar-refractivity contribution is 0.589. The monoisotopic (exact) mass is 421 g/mol. The molecule has 0 aliphatic heterocycles. The summed E-state index contributed by atoms with van der Waals surface area (Å²) < 4.78 is 6.42. The van der Waals surface area contributed by atoms with Gasteiger partial charge in [0.15, 0.2) is 5.76 Å². The summed E-state index contributed by atoms with van der Waals surface area (Å²) in [5, 5.41) is 0. The lowest BCUT2D eigenvalue weighted by Gasteiger charge is -2.08. The number of hydrogen-bond acceptors (Lipinski definition) is 2. The second-order valence-corrected chi connectivity index (χ2v) is 7.58. The minimum Gasteiger partial charge on any atom is -0.435 e. The van der Waals surface area contributed by atoms with E-state index in [1.54, 1.807) is 0 Å². The van der Waals surface area contributed by atoms with Gasteiger partial charge >= 0.3 is 0 Å². The topological polar surface area (TPSA) is 26.0 Å². The van der Waals surface area contributed by atoms with E-state index in [-0.39, 0.29) is 0 Å². The SMILES string of the molecule is ClCc1cccc(-c2ccccc2-c2nc(-c3ccccc3)c(-c3ccccc3)o2)c1. The summed E-state index contributed by atoms with van der Waals surface area (Å²) in [6.07, 6.45) is 0. The van der Waals surface area contributed by atoms with Crippen molar-refractivity contribution >= 4 is 11.6 Å². The molecule has 1 aromatic heterocycles.